The van der Waals surface area contributed by atoms with Gasteiger partial charge < -0.3 is 5.32 Å². The molecule has 5 nitrogen and oxygen atoms in total. The second-order valence-electron chi connectivity index (χ2n) is 3.08. The van der Waals surface area contributed by atoms with Crippen LogP contribution in [0.3, 0.4) is 0 Å². The van der Waals surface area contributed by atoms with E-state index in [1.165, 1.54) is 11.4 Å². The van der Waals surface area contributed by atoms with E-state index in [9.17, 15) is 8.42 Å². The molecule has 1 unspecified atom stereocenters. The molecule has 1 aliphatic rings. The van der Waals surface area contributed by atoms with E-state index in [-0.39, 0.29) is 6.04 Å². The highest BCUT2D eigenvalue weighted by atomic mass is 32.2. The zero-order chi connectivity index (χ0) is 9.90. The number of hydrogen-bond acceptors (Lipinski definition) is 4. The molecule has 1 saturated heterocycles. The van der Waals surface area contributed by atoms with Crippen molar-refractivity contribution >= 4 is 10.0 Å². The van der Waals surface area contributed by atoms with Gasteiger partial charge >= 0.3 is 0 Å². The zero-order valence-electron chi connectivity index (χ0n) is 7.52. The van der Waals surface area contributed by atoms with Gasteiger partial charge in [0.15, 0.2) is 5.75 Å². The van der Waals surface area contributed by atoms with Crippen molar-refractivity contribution < 1.29 is 8.42 Å². The molecule has 0 saturated carbocycles. The van der Waals surface area contributed by atoms with Gasteiger partial charge in [-0.05, 0) is 13.0 Å². The maximum Gasteiger partial charge on any atom is 0.227 e. The average molecular weight is 203 g/mol. The summed E-state index contributed by atoms with van der Waals surface area (Å²) in [5.41, 5.74) is 0. The van der Waals surface area contributed by atoms with E-state index in [2.05, 4.69) is 5.32 Å². The lowest BCUT2D eigenvalue weighted by Gasteiger charge is -2.21. The van der Waals surface area contributed by atoms with Gasteiger partial charge in [-0.3, -0.25) is 0 Å². The van der Waals surface area contributed by atoms with Crippen molar-refractivity contribution in [3.05, 3.63) is 0 Å². The van der Waals surface area contributed by atoms with Gasteiger partial charge in [-0.25, -0.2) is 8.42 Å². The standard InChI is InChI=1S/C7H13N3O2S/c1-10(7-2-4-9-6-7)13(11,12)5-3-8/h7,9H,2,4-6H2,1H3. The quantitative estimate of drug-likeness (QED) is 0.647. The molecule has 0 aromatic rings. The molecule has 0 spiro atoms. The van der Waals surface area contributed by atoms with Gasteiger partial charge in [0.2, 0.25) is 10.0 Å². The molecule has 0 amide bonds. The van der Waals surface area contributed by atoms with Crippen LogP contribution in [0.25, 0.3) is 0 Å². The second kappa shape index (κ2) is 4.05. The molecule has 1 rings (SSSR count). The predicted octanol–water partition coefficient (Wildman–Crippen LogP) is -0.867. The van der Waals surface area contributed by atoms with Gasteiger partial charge in [-0.1, -0.05) is 0 Å². The highest BCUT2D eigenvalue weighted by Crippen LogP contribution is 2.10. The van der Waals surface area contributed by atoms with Crippen LogP contribution in [0.15, 0.2) is 0 Å². The van der Waals surface area contributed by atoms with Crippen LogP contribution >= 0.6 is 0 Å². The summed E-state index contributed by atoms with van der Waals surface area (Å²) < 4.78 is 24.1. The van der Waals surface area contributed by atoms with Crippen molar-refractivity contribution in [1.82, 2.24) is 9.62 Å². The van der Waals surface area contributed by atoms with Gasteiger partial charge in [0.25, 0.3) is 0 Å². The Labute approximate surface area is 78.4 Å². The summed E-state index contributed by atoms with van der Waals surface area (Å²) in [4.78, 5) is 0. The fourth-order valence-corrected chi connectivity index (χ4v) is 2.36. The number of nitrogens with one attached hydrogen (secondary N) is 1. The Bertz CT molecular complexity index is 300. The van der Waals surface area contributed by atoms with Crippen LogP contribution in [0.2, 0.25) is 0 Å². The molecule has 1 heterocycles. The molecule has 74 valence electrons. The fourth-order valence-electron chi connectivity index (χ4n) is 1.36. The highest BCUT2D eigenvalue weighted by molar-refractivity contribution is 7.89. The Balaban J connectivity index is 2.66. The summed E-state index contributed by atoms with van der Waals surface area (Å²) in [7, 11) is -1.83. The van der Waals surface area contributed by atoms with Crippen LogP contribution < -0.4 is 5.32 Å². The number of nitriles is 1. The van der Waals surface area contributed by atoms with Crippen molar-refractivity contribution in [2.45, 2.75) is 12.5 Å². The minimum absolute atomic E-state index is 0.0124. The first kappa shape index (κ1) is 10.4. The number of rotatable bonds is 3. The van der Waals surface area contributed by atoms with Crippen LogP contribution in [0, 0.1) is 11.3 Å². The lowest BCUT2D eigenvalue weighted by Crippen LogP contribution is -2.39. The lowest BCUT2D eigenvalue weighted by molar-refractivity contribution is 0.389. The molecule has 0 radical (unpaired) electrons. The predicted molar refractivity (Wildman–Crippen MR) is 48.4 cm³/mol. The number of sulfonamides is 1. The molecule has 1 atom stereocenters. The average Bonchev–Trinajstić information content (AvgIpc) is 2.54. The third kappa shape index (κ3) is 2.40. The number of nitrogens with zero attached hydrogens (tertiary/aromatic N) is 2. The Kier molecular flexibility index (Phi) is 3.25. The van der Waals surface area contributed by atoms with E-state index in [1.54, 1.807) is 6.07 Å². The molecule has 0 aromatic carbocycles. The minimum atomic E-state index is -3.36. The van der Waals surface area contributed by atoms with Crippen molar-refractivity contribution in [2.24, 2.45) is 0 Å². The summed E-state index contributed by atoms with van der Waals surface area (Å²) >= 11 is 0. The Morgan fingerprint density at radius 2 is 2.38 bits per heavy atom. The summed E-state index contributed by atoms with van der Waals surface area (Å²) in [6.07, 6.45) is 0.821. The Morgan fingerprint density at radius 1 is 1.69 bits per heavy atom. The summed E-state index contributed by atoms with van der Waals surface area (Å²) in [6.45, 7) is 1.53. The van der Waals surface area contributed by atoms with Gasteiger partial charge in [0.1, 0.15) is 0 Å². The molecule has 1 aliphatic heterocycles. The summed E-state index contributed by atoms with van der Waals surface area (Å²) in [5, 5.41) is 11.4. The van der Waals surface area contributed by atoms with Gasteiger partial charge in [-0.15, -0.1) is 0 Å². The first-order valence-electron chi connectivity index (χ1n) is 4.11. The van der Waals surface area contributed by atoms with Crippen molar-refractivity contribution in [1.29, 1.82) is 5.26 Å². The van der Waals surface area contributed by atoms with E-state index in [4.69, 9.17) is 5.26 Å². The van der Waals surface area contributed by atoms with E-state index in [1.807, 2.05) is 0 Å². The van der Waals surface area contributed by atoms with E-state index >= 15 is 0 Å². The molecule has 1 fully saturated rings. The Morgan fingerprint density at radius 3 is 2.85 bits per heavy atom. The molecular weight excluding hydrogens is 190 g/mol. The van der Waals surface area contributed by atoms with Crippen LogP contribution in [0.5, 0.6) is 0 Å². The van der Waals surface area contributed by atoms with Crippen LogP contribution in [0.1, 0.15) is 6.42 Å². The third-order valence-corrected chi connectivity index (χ3v) is 3.90. The van der Waals surface area contributed by atoms with Gasteiger partial charge in [-0.2, -0.15) is 9.57 Å². The maximum atomic E-state index is 11.4. The van der Waals surface area contributed by atoms with Crippen LogP contribution in [-0.2, 0) is 10.0 Å². The smallest absolute Gasteiger partial charge is 0.227 e. The molecule has 6 heteroatoms. The number of hydrogen-bond donors (Lipinski definition) is 1. The second-order valence-corrected chi connectivity index (χ2v) is 5.11. The highest BCUT2D eigenvalue weighted by Gasteiger charge is 2.27. The summed E-state index contributed by atoms with van der Waals surface area (Å²) in [6, 6.07) is 1.67. The molecule has 0 aromatic heterocycles. The lowest BCUT2D eigenvalue weighted by atomic mass is 10.3. The normalized spacial score (nSPS) is 23.3. The molecule has 0 aliphatic carbocycles. The van der Waals surface area contributed by atoms with E-state index in [0.29, 0.717) is 6.54 Å². The number of likely N-dealkylation sites (N-methyl/N-ethyl adjacent to an activating group) is 1. The van der Waals surface area contributed by atoms with Crippen molar-refractivity contribution in [2.75, 3.05) is 25.9 Å². The minimum Gasteiger partial charge on any atom is -0.315 e. The van der Waals surface area contributed by atoms with E-state index < -0.39 is 15.8 Å². The molecular formula is C7H13N3O2S. The molecule has 0 bridgehead atoms. The topological polar surface area (TPSA) is 73.2 Å². The van der Waals surface area contributed by atoms with Gasteiger partial charge in [0, 0.05) is 19.6 Å². The maximum absolute atomic E-state index is 11.4. The SMILES string of the molecule is CN(C1CCNC1)S(=O)(=O)CC#N. The zero-order valence-corrected chi connectivity index (χ0v) is 8.34. The largest absolute Gasteiger partial charge is 0.315 e. The monoisotopic (exact) mass is 203 g/mol. The Hall–Kier alpha value is -0.640. The van der Waals surface area contributed by atoms with Gasteiger partial charge in [0.05, 0.1) is 6.07 Å². The summed E-state index contributed by atoms with van der Waals surface area (Å²) in [5.74, 6) is -0.431. The van der Waals surface area contributed by atoms with E-state index in [0.717, 1.165) is 13.0 Å². The molecule has 1 N–H and O–H groups in total. The third-order valence-electron chi connectivity index (χ3n) is 2.23. The van der Waals surface area contributed by atoms with Crippen molar-refractivity contribution in [3.8, 4) is 6.07 Å². The van der Waals surface area contributed by atoms with Crippen molar-refractivity contribution in [3.63, 3.8) is 0 Å². The first-order valence-corrected chi connectivity index (χ1v) is 5.72. The molecule has 13 heavy (non-hydrogen) atoms. The van der Waals surface area contributed by atoms with Crippen LogP contribution in [-0.4, -0.2) is 44.7 Å². The fraction of sp³-hybridized carbons (Fsp3) is 0.857. The van der Waals surface area contributed by atoms with Crippen LogP contribution in [0.4, 0.5) is 0 Å². The first-order chi connectivity index (χ1) is 6.08.